The first-order valence-electron chi connectivity index (χ1n) is 4.87. The average Bonchev–Trinajstić information content (AvgIpc) is 2.17. The Morgan fingerprint density at radius 3 is 3.17 bits per heavy atom. The highest BCUT2D eigenvalue weighted by Gasteiger charge is 2.29. The van der Waals surface area contributed by atoms with Crippen LogP contribution in [0, 0.1) is 0 Å². The normalized spacial score (nSPS) is 37.8. The predicted octanol–water partition coefficient (Wildman–Crippen LogP) is 0.0690. The molecule has 0 aromatic heterocycles. The summed E-state index contributed by atoms with van der Waals surface area (Å²) >= 11 is 0. The standard InChI is InChI=1S/C9H18N2O/c1-12-9-3-2-8-6-10-4-5-11(8)7-9/h8-10H,2-7H2,1H3. The van der Waals surface area contributed by atoms with Gasteiger partial charge in [-0.25, -0.2) is 0 Å². The van der Waals surface area contributed by atoms with Gasteiger partial charge in [0.1, 0.15) is 0 Å². The molecule has 70 valence electrons. The molecule has 0 bridgehead atoms. The minimum atomic E-state index is 0.486. The van der Waals surface area contributed by atoms with E-state index >= 15 is 0 Å². The molecule has 12 heavy (non-hydrogen) atoms. The molecular weight excluding hydrogens is 152 g/mol. The van der Waals surface area contributed by atoms with Gasteiger partial charge >= 0.3 is 0 Å². The van der Waals surface area contributed by atoms with E-state index in [4.69, 9.17) is 4.74 Å². The molecule has 2 saturated heterocycles. The molecule has 2 fully saturated rings. The first kappa shape index (κ1) is 8.48. The second kappa shape index (κ2) is 3.73. The van der Waals surface area contributed by atoms with Crippen LogP contribution in [0.25, 0.3) is 0 Å². The van der Waals surface area contributed by atoms with E-state index in [1.807, 2.05) is 7.11 Å². The average molecular weight is 170 g/mol. The Balaban J connectivity index is 1.90. The van der Waals surface area contributed by atoms with Crippen molar-refractivity contribution in [2.24, 2.45) is 0 Å². The van der Waals surface area contributed by atoms with Crippen molar-refractivity contribution in [1.82, 2.24) is 10.2 Å². The fourth-order valence-corrected chi connectivity index (χ4v) is 2.25. The van der Waals surface area contributed by atoms with Crippen LogP contribution in [0.3, 0.4) is 0 Å². The SMILES string of the molecule is COC1CCC2CNCCN2C1. The van der Waals surface area contributed by atoms with Crippen molar-refractivity contribution < 1.29 is 4.74 Å². The van der Waals surface area contributed by atoms with Gasteiger partial charge in [0.2, 0.25) is 0 Å². The molecule has 0 saturated carbocycles. The molecule has 0 aliphatic carbocycles. The number of rotatable bonds is 1. The quantitative estimate of drug-likeness (QED) is 0.602. The molecule has 0 aromatic rings. The Kier molecular flexibility index (Phi) is 2.63. The molecule has 0 aromatic carbocycles. The van der Waals surface area contributed by atoms with Crippen LogP contribution in [-0.4, -0.2) is 50.3 Å². The monoisotopic (exact) mass is 170 g/mol. The molecule has 0 spiro atoms. The van der Waals surface area contributed by atoms with E-state index in [0.29, 0.717) is 6.10 Å². The molecule has 2 unspecified atom stereocenters. The highest BCUT2D eigenvalue weighted by Crippen LogP contribution is 2.19. The number of ether oxygens (including phenoxy) is 1. The van der Waals surface area contributed by atoms with Crippen LogP contribution in [0.4, 0.5) is 0 Å². The summed E-state index contributed by atoms with van der Waals surface area (Å²) in [5.41, 5.74) is 0. The zero-order valence-electron chi connectivity index (χ0n) is 7.75. The van der Waals surface area contributed by atoms with E-state index in [1.165, 1.54) is 25.9 Å². The van der Waals surface area contributed by atoms with Crippen LogP contribution >= 0.6 is 0 Å². The summed E-state index contributed by atoms with van der Waals surface area (Å²) in [5.74, 6) is 0. The number of hydrogen-bond donors (Lipinski definition) is 1. The maximum absolute atomic E-state index is 5.38. The summed E-state index contributed by atoms with van der Waals surface area (Å²) < 4.78 is 5.38. The number of nitrogens with zero attached hydrogens (tertiary/aromatic N) is 1. The van der Waals surface area contributed by atoms with Gasteiger partial charge in [0.05, 0.1) is 6.10 Å². The van der Waals surface area contributed by atoms with Crippen molar-refractivity contribution in [3.05, 3.63) is 0 Å². The van der Waals surface area contributed by atoms with E-state index < -0.39 is 0 Å². The van der Waals surface area contributed by atoms with Gasteiger partial charge < -0.3 is 10.1 Å². The Labute approximate surface area is 74.1 Å². The number of fused-ring (bicyclic) bond motifs is 1. The lowest BCUT2D eigenvalue weighted by Gasteiger charge is -2.42. The summed E-state index contributed by atoms with van der Waals surface area (Å²) in [4.78, 5) is 2.56. The van der Waals surface area contributed by atoms with Crippen molar-refractivity contribution in [2.75, 3.05) is 33.3 Å². The number of nitrogens with one attached hydrogen (secondary N) is 1. The fourth-order valence-electron chi connectivity index (χ4n) is 2.25. The van der Waals surface area contributed by atoms with E-state index in [2.05, 4.69) is 10.2 Å². The molecule has 2 aliphatic rings. The predicted molar refractivity (Wildman–Crippen MR) is 48.3 cm³/mol. The third-order valence-corrected chi connectivity index (χ3v) is 3.07. The van der Waals surface area contributed by atoms with Gasteiger partial charge in [0, 0.05) is 39.3 Å². The van der Waals surface area contributed by atoms with Crippen LogP contribution < -0.4 is 5.32 Å². The number of piperazine rings is 1. The van der Waals surface area contributed by atoms with Crippen LogP contribution in [0.2, 0.25) is 0 Å². The van der Waals surface area contributed by atoms with Crippen LogP contribution in [0.15, 0.2) is 0 Å². The largest absolute Gasteiger partial charge is 0.380 e. The Bertz CT molecular complexity index is 151. The van der Waals surface area contributed by atoms with E-state index in [0.717, 1.165) is 19.1 Å². The van der Waals surface area contributed by atoms with Crippen molar-refractivity contribution in [1.29, 1.82) is 0 Å². The molecule has 3 heteroatoms. The van der Waals surface area contributed by atoms with Crippen molar-refractivity contribution in [3.63, 3.8) is 0 Å². The molecule has 3 nitrogen and oxygen atoms in total. The fraction of sp³-hybridized carbons (Fsp3) is 1.00. The first-order valence-corrected chi connectivity index (χ1v) is 4.87. The van der Waals surface area contributed by atoms with E-state index in [-0.39, 0.29) is 0 Å². The van der Waals surface area contributed by atoms with Gasteiger partial charge in [-0.05, 0) is 12.8 Å². The maximum atomic E-state index is 5.38. The van der Waals surface area contributed by atoms with Crippen molar-refractivity contribution in [3.8, 4) is 0 Å². The summed E-state index contributed by atoms with van der Waals surface area (Å²) in [6.07, 6.45) is 3.02. The van der Waals surface area contributed by atoms with E-state index in [9.17, 15) is 0 Å². The number of methoxy groups -OCH3 is 1. The third kappa shape index (κ3) is 1.63. The topological polar surface area (TPSA) is 24.5 Å². The van der Waals surface area contributed by atoms with E-state index in [1.54, 1.807) is 0 Å². The van der Waals surface area contributed by atoms with Crippen LogP contribution in [-0.2, 0) is 4.74 Å². The summed E-state index contributed by atoms with van der Waals surface area (Å²) in [5, 5.41) is 3.43. The van der Waals surface area contributed by atoms with Crippen LogP contribution in [0.1, 0.15) is 12.8 Å². The van der Waals surface area contributed by atoms with Crippen LogP contribution in [0.5, 0.6) is 0 Å². The van der Waals surface area contributed by atoms with Gasteiger partial charge in [-0.15, -0.1) is 0 Å². The van der Waals surface area contributed by atoms with Gasteiger partial charge in [-0.3, -0.25) is 4.90 Å². The molecule has 0 radical (unpaired) electrons. The smallest absolute Gasteiger partial charge is 0.0698 e. The molecule has 2 atom stereocenters. The summed E-state index contributed by atoms with van der Waals surface area (Å²) in [6, 6.07) is 0.783. The molecule has 2 heterocycles. The minimum absolute atomic E-state index is 0.486. The van der Waals surface area contributed by atoms with Gasteiger partial charge in [-0.2, -0.15) is 0 Å². The lowest BCUT2D eigenvalue weighted by molar-refractivity contribution is -0.00232. The number of hydrogen-bond acceptors (Lipinski definition) is 3. The molecule has 1 N–H and O–H groups in total. The Hall–Kier alpha value is -0.120. The number of piperidine rings is 1. The molecular formula is C9H18N2O. The zero-order chi connectivity index (χ0) is 8.39. The lowest BCUT2D eigenvalue weighted by atomic mass is 9.98. The third-order valence-electron chi connectivity index (χ3n) is 3.07. The summed E-state index contributed by atoms with van der Waals surface area (Å²) in [6.45, 7) is 4.66. The second-order valence-electron chi connectivity index (χ2n) is 3.79. The second-order valence-corrected chi connectivity index (χ2v) is 3.79. The van der Waals surface area contributed by atoms with Gasteiger partial charge in [0.15, 0.2) is 0 Å². The maximum Gasteiger partial charge on any atom is 0.0698 e. The molecule has 2 rings (SSSR count). The highest BCUT2D eigenvalue weighted by molar-refractivity contribution is 4.86. The minimum Gasteiger partial charge on any atom is -0.380 e. The first-order chi connectivity index (χ1) is 5.90. The Morgan fingerprint density at radius 2 is 2.33 bits per heavy atom. The zero-order valence-corrected chi connectivity index (χ0v) is 7.75. The molecule has 0 amide bonds. The van der Waals surface area contributed by atoms with Crippen molar-refractivity contribution >= 4 is 0 Å². The van der Waals surface area contributed by atoms with Gasteiger partial charge in [-0.1, -0.05) is 0 Å². The highest BCUT2D eigenvalue weighted by atomic mass is 16.5. The van der Waals surface area contributed by atoms with Crippen molar-refractivity contribution in [2.45, 2.75) is 25.0 Å². The van der Waals surface area contributed by atoms with Gasteiger partial charge in [0.25, 0.3) is 0 Å². The lowest BCUT2D eigenvalue weighted by Crippen LogP contribution is -2.56. The Morgan fingerprint density at radius 1 is 1.42 bits per heavy atom. The molecule has 2 aliphatic heterocycles. The summed E-state index contributed by atoms with van der Waals surface area (Å²) in [7, 11) is 1.83.